The van der Waals surface area contributed by atoms with Crippen LogP contribution >= 0.6 is 11.6 Å². The fourth-order valence-corrected chi connectivity index (χ4v) is 2.50. The van der Waals surface area contributed by atoms with Crippen LogP contribution in [0.25, 0.3) is 11.0 Å². The smallest absolute Gasteiger partial charge is 0.114 e. The SMILES string of the molecule is Clc1ccc2c(c1)nnn2C1CCCC1. The fraction of sp³-hybridized carbons (Fsp3) is 0.455. The maximum absolute atomic E-state index is 5.91. The molecule has 78 valence electrons. The van der Waals surface area contributed by atoms with Crippen LogP contribution in [0, 0.1) is 0 Å². The number of benzene rings is 1. The van der Waals surface area contributed by atoms with E-state index in [1.165, 1.54) is 25.7 Å². The second kappa shape index (κ2) is 3.49. The minimum atomic E-state index is 0.538. The van der Waals surface area contributed by atoms with Crippen LogP contribution < -0.4 is 0 Å². The van der Waals surface area contributed by atoms with Crippen LogP contribution in [0.5, 0.6) is 0 Å². The second-order valence-corrected chi connectivity index (χ2v) is 4.54. The highest BCUT2D eigenvalue weighted by atomic mass is 35.5. The summed E-state index contributed by atoms with van der Waals surface area (Å²) in [6.45, 7) is 0. The van der Waals surface area contributed by atoms with Gasteiger partial charge in [0, 0.05) is 5.02 Å². The Morgan fingerprint density at radius 2 is 2.07 bits per heavy atom. The normalized spacial score (nSPS) is 17.7. The van der Waals surface area contributed by atoms with Crippen molar-refractivity contribution in [2.45, 2.75) is 31.7 Å². The summed E-state index contributed by atoms with van der Waals surface area (Å²) >= 11 is 5.91. The largest absolute Gasteiger partial charge is 0.242 e. The van der Waals surface area contributed by atoms with Gasteiger partial charge in [-0.3, -0.25) is 0 Å². The van der Waals surface area contributed by atoms with E-state index in [1.54, 1.807) is 0 Å². The van der Waals surface area contributed by atoms with Crippen LogP contribution in [0.3, 0.4) is 0 Å². The van der Waals surface area contributed by atoms with Crippen molar-refractivity contribution >= 4 is 22.6 Å². The van der Waals surface area contributed by atoms with Gasteiger partial charge in [0.05, 0.1) is 11.6 Å². The number of aromatic nitrogens is 3. The summed E-state index contributed by atoms with van der Waals surface area (Å²) in [5, 5.41) is 9.10. The van der Waals surface area contributed by atoms with E-state index in [2.05, 4.69) is 15.0 Å². The first-order valence-electron chi connectivity index (χ1n) is 5.35. The number of hydrogen-bond acceptors (Lipinski definition) is 2. The third-order valence-corrected chi connectivity index (χ3v) is 3.34. The molecule has 0 radical (unpaired) electrons. The summed E-state index contributed by atoms with van der Waals surface area (Å²) in [5.74, 6) is 0. The lowest BCUT2D eigenvalue weighted by Gasteiger charge is -2.09. The molecular weight excluding hydrogens is 210 g/mol. The maximum atomic E-state index is 5.91. The Hall–Kier alpha value is -1.09. The molecule has 1 aromatic carbocycles. The van der Waals surface area contributed by atoms with Crippen LogP contribution in [0.1, 0.15) is 31.7 Å². The Balaban J connectivity index is 2.11. The summed E-state index contributed by atoms with van der Waals surface area (Å²) in [6, 6.07) is 6.32. The summed E-state index contributed by atoms with van der Waals surface area (Å²) in [5.41, 5.74) is 2.00. The summed E-state index contributed by atoms with van der Waals surface area (Å²) in [6.07, 6.45) is 5.06. The first-order chi connectivity index (χ1) is 7.34. The van der Waals surface area contributed by atoms with Crippen LogP contribution in [-0.2, 0) is 0 Å². The Bertz CT molecular complexity index is 486. The zero-order valence-corrected chi connectivity index (χ0v) is 9.11. The molecule has 0 amide bonds. The Kier molecular flexibility index (Phi) is 2.13. The monoisotopic (exact) mass is 221 g/mol. The molecule has 1 aliphatic carbocycles. The van der Waals surface area contributed by atoms with Crippen LogP contribution in [-0.4, -0.2) is 15.0 Å². The minimum absolute atomic E-state index is 0.538. The van der Waals surface area contributed by atoms with Crippen molar-refractivity contribution in [3.8, 4) is 0 Å². The van der Waals surface area contributed by atoms with Gasteiger partial charge in [0.2, 0.25) is 0 Å². The van der Waals surface area contributed by atoms with Crippen molar-refractivity contribution in [1.29, 1.82) is 0 Å². The van der Waals surface area contributed by atoms with Crippen LogP contribution in [0.2, 0.25) is 5.02 Å². The zero-order valence-electron chi connectivity index (χ0n) is 8.36. The zero-order chi connectivity index (χ0) is 10.3. The van der Waals surface area contributed by atoms with E-state index in [9.17, 15) is 0 Å². The van der Waals surface area contributed by atoms with Crippen LogP contribution in [0.15, 0.2) is 18.2 Å². The van der Waals surface area contributed by atoms with Crippen molar-refractivity contribution in [2.75, 3.05) is 0 Å². The molecule has 3 nitrogen and oxygen atoms in total. The first-order valence-corrected chi connectivity index (χ1v) is 5.73. The predicted octanol–water partition coefficient (Wildman–Crippen LogP) is 3.20. The molecule has 1 heterocycles. The van der Waals surface area contributed by atoms with E-state index in [0.29, 0.717) is 6.04 Å². The molecule has 0 atom stereocenters. The van der Waals surface area contributed by atoms with Crippen molar-refractivity contribution in [2.24, 2.45) is 0 Å². The lowest BCUT2D eigenvalue weighted by atomic mass is 10.2. The fourth-order valence-electron chi connectivity index (χ4n) is 2.33. The first kappa shape index (κ1) is 9.16. The molecule has 2 aromatic rings. The number of hydrogen-bond donors (Lipinski definition) is 0. The number of fused-ring (bicyclic) bond motifs is 1. The van der Waals surface area contributed by atoms with E-state index >= 15 is 0 Å². The lowest BCUT2D eigenvalue weighted by Crippen LogP contribution is -2.06. The van der Waals surface area contributed by atoms with Gasteiger partial charge in [-0.25, -0.2) is 4.68 Å². The van der Waals surface area contributed by atoms with E-state index in [0.717, 1.165) is 16.1 Å². The van der Waals surface area contributed by atoms with Crippen molar-refractivity contribution in [3.63, 3.8) is 0 Å². The van der Waals surface area contributed by atoms with Crippen LogP contribution in [0.4, 0.5) is 0 Å². The molecule has 1 aliphatic rings. The molecule has 1 saturated carbocycles. The molecule has 3 rings (SSSR count). The van der Waals surface area contributed by atoms with E-state index in [1.807, 2.05) is 18.2 Å². The quantitative estimate of drug-likeness (QED) is 0.741. The lowest BCUT2D eigenvalue weighted by molar-refractivity contribution is 0.467. The standard InChI is InChI=1S/C11H12ClN3/c12-8-5-6-11-10(7-8)13-14-15(11)9-3-1-2-4-9/h5-7,9H,1-4H2. The molecule has 0 N–H and O–H groups in total. The molecule has 1 fully saturated rings. The van der Waals surface area contributed by atoms with Gasteiger partial charge in [0.1, 0.15) is 5.52 Å². The van der Waals surface area contributed by atoms with E-state index in [4.69, 9.17) is 11.6 Å². The van der Waals surface area contributed by atoms with Gasteiger partial charge in [-0.2, -0.15) is 0 Å². The van der Waals surface area contributed by atoms with Gasteiger partial charge in [-0.05, 0) is 31.0 Å². The highest BCUT2D eigenvalue weighted by Crippen LogP contribution is 2.31. The number of halogens is 1. The highest BCUT2D eigenvalue weighted by molar-refractivity contribution is 6.31. The molecule has 0 aliphatic heterocycles. The van der Waals surface area contributed by atoms with E-state index in [-0.39, 0.29) is 0 Å². The number of nitrogens with zero attached hydrogens (tertiary/aromatic N) is 3. The average molecular weight is 222 g/mol. The molecule has 0 saturated heterocycles. The summed E-state index contributed by atoms with van der Waals surface area (Å²) in [4.78, 5) is 0. The average Bonchev–Trinajstić information content (AvgIpc) is 2.82. The Morgan fingerprint density at radius 1 is 1.27 bits per heavy atom. The highest BCUT2D eigenvalue weighted by Gasteiger charge is 2.19. The molecule has 15 heavy (non-hydrogen) atoms. The maximum Gasteiger partial charge on any atom is 0.114 e. The van der Waals surface area contributed by atoms with Gasteiger partial charge >= 0.3 is 0 Å². The molecule has 4 heteroatoms. The van der Waals surface area contributed by atoms with Gasteiger partial charge in [-0.15, -0.1) is 5.10 Å². The topological polar surface area (TPSA) is 30.7 Å². The molecular formula is C11H12ClN3. The van der Waals surface area contributed by atoms with Gasteiger partial charge < -0.3 is 0 Å². The molecule has 0 spiro atoms. The summed E-state index contributed by atoms with van der Waals surface area (Å²) in [7, 11) is 0. The van der Waals surface area contributed by atoms with Gasteiger partial charge in [0.25, 0.3) is 0 Å². The van der Waals surface area contributed by atoms with Gasteiger partial charge in [-0.1, -0.05) is 29.7 Å². The van der Waals surface area contributed by atoms with E-state index < -0.39 is 0 Å². The van der Waals surface area contributed by atoms with Gasteiger partial charge in [0.15, 0.2) is 0 Å². The Morgan fingerprint density at radius 3 is 2.87 bits per heavy atom. The van der Waals surface area contributed by atoms with Crippen molar-refractivity contribution in [3.05, 3.63) is 23.2 Å². The number of rotatable bonds is 1. The second-order valence-electron chi connectivity index (χ2n) is 4.11. The Labute approximate surface area is 93.0 Å². The van der Waals surface area contributed by atoms with Crippen molar-refractivity contribution in [1.82, 2.24) is 15.0 Å². The minimum Gasteiger partial charge on any atom is -0.242 e. The predicted molar refractivity (Wildman–Crippen MR) is 60.0 cm³/mol. The molecule has 0 unspecified atom stereocenters. The summed E-state index contributed by atoms with van der Waals surface area (Å²) < 4.78 is 2.05. The molecule has 1 aromatic heterocycles. The third kappa shape index (κ3) is 1.51. The van der Waals surface area contributed by atoms with Crippen molar-refractivity contribution < 1.29 is 0 Å². The molecule has 0 bridgehead atoms. The third-order valence-electron chi connectivity index (χ3n) is 3.10.